The van der Waals surface area contributed by atoms with Crippen molar-refractivity contribution in [3.8, 4) is 0 Å². The molecule has 5 nitrogen and oxygen atoms in total. The minimum atomic E-state index is -0.270. The summed E-state index contributed by atoms with van der Waals surface area (Å²) in [6, 6.07) is 0.376. The molecule has 20 heavy (non-hydrogen) atoms. The Labute approximate surface area is 126 Å². The number of carbonyl (C=O) groups is 2. The normalized spacial score (nSPS) is 15.7. The number of nitrogens with one attached hydrogen (secondary N) is 1. The Balaban J connectivity index is 1.81. The molecule has 0 unspecified atom stereocenters. The van der Waals surface area contributed by atoms with Crippen LogP contribution in [0.2, 0.25) is 0 Å². The molecule has 1 saturated carbocycles. The predicted octanol–water partition coefficient (Wildman–Crippen LogP) is 2.01. The maximum Gasteiger partial charge on any atom is 0.311 e. The lowest BCUT2D eigenvalue weighted by Gasteiger charge is -2.09. The van der Waals surface area contributed by atoms with Crippen LogP contribution in [0, 0.1) is 0 Å². The van der Waals surface area contributed by atoms with Gasteiger partial charge in [-0.25, -0.2) is 4.98 Å². The van der Waals surface area contributed by atoms with Gasteiger partial charge in [0.25, 0.3) is 0 Å². The van der Waals surface area contributed by atoms with Crippen molar-refractivity contribution >= 4 is 35.0 Å². The van der Waals surface area contributed by atoms with Gasteiger partial charge < -0.3 is 10.1 Å². The topological polar surface area (TPSA) is 68.3 Å². The fourth-order valence-electron chi connectivity index (χ4n) is 1.53. The summed E-state index contributed by atoms with van der Waals surface area (Å²) in [5, 5.41) is 4.64. The molecule has 1 aromatic rings. The number of carbonyl (C=O) groups excluding carboxylic acids is 2. The van der Waals surface area contributed by atoms with Crippen LogP contribution in [0.5, 0.6) is 0 Å². The van der Waals surface area contributed by atoms with Gasteiger partial charge in [0.05, 0.1) is 24.0 Å². The van der Waals surface area contributed by atoms with E-state index in [1.54, 1.807) is 6.92 Å². The molecule has 0 aliphatic heterocycles. The molecular formula is C13H18N2O3S2. The number of thioether (sulfide) groups is 1. The summed E-state index contributed by atoms with van der Waals surface area (Å²) >= 11 is 2.88. The molecule has 0 aromatic carbocycles. The SMILES string of the molecule is CCOC(=O)Cc1csc(S[C@@H](C)C(=O)NC2CC2)n1. The Morgan fingerprint density at radius 1 is 1.60 bits per heavy atom. The van der Waals surface area contributed by atoms with Gasteiger partial charge in [0, 0.05) is 11.4 Å². The van der Waals surface area contributed by atoms with Gasteiger partial charge in [-0.15, -0.1) is 11.3 Å². The highest BCUT2D eigenvalue weighted by molar-refractivity contribution is 8.02. The van der Waals surface area contributed by atoms with E-state index in [-0.39, 0.29) is 23.5 Å². The number of aromatic nitrogens is 1. The highest BCUT2D eigenvalue weighted by Gasteiger charge is 2.26. The lowest BCUT2D eigenvalue weighted by Crippen LogP contribution is -2.32. The Kier molecular flexibility index (Phi) is 5.42. The second-order valence-electron chi connectivity index (χ2n) is 4.63. The van der Waals surface area contributed by atoms with Gasteiger partial charge in [-0.05, 0) is 26.7 Å². The molecule has 1 atom stereocenters. The molecule has 2 rings (SSSR count). The molecule has 0 bridgehead atoms. The van der Waals surface area contributed by atoms with Gasteiger partial charge in [0.15, 0.2) is 4.34 Å². The van der Waals surface area contributed by atoms with Crippen molar-refractivity contribution in [2.75, 3.05) is 6.61 Å². The number of hydrogen-bond donors (Lipinski definition) is 1. The fourth-order valence-corrected chi connectivity index (χ4v) is 3.52. The average Bonchev–Trinajstić information content (AvgIpc) is 3.10. The molecule has 1 aliphatic rings. The van der Waals surface area contributed by atoms with Crippen molar-refractivity contribution in [3.05, 3.63) is 11.1 Å². The quantitative estimate of drug-likeness (QED) is 0.616. The lowest BCUT2D eigenvalue weighted by molar-refractivity contribution is -0.142. The van der Waals surface area contributed by atoms with E-state index in [1.165, 1.54) is 23.1 Å². The summed E-state index contributed by atoms with van der Waals surface area (Å²) in [5.41, 5.74) is 0.700. The van der Waals surface area contributed by atoms with Crippen LogP contribution >= 0.6 is 23.1 Å². The van der Waals surface area contributed by atoms with E-state index in [2.05, 4.69) is 10.3 Å². The Morgan fingerprint density at radius 3 is 3.00 bits per heavy atom. The monoisotopic (exact) mass is 314 g/mol. The maximum atomic E-state index is 11.8. The Morgan fingerprint density at radius 2 is 2.35 bits per heavy atom. The number of esters is 1. The second kappa shape index (κ2) is 7.08. The summed E-state index contributed by atoms with van der Waals surface area (Å²) in [4.78, 5) is 27.5. The maximum absolute atomic E-state index is 11.8. The van der Waals surface area contributed by atoms with Crippen molar-refractivity contribution in [3.63, 3.8) is 0 Å². The van der Waals surface area contributed by atoms with Crippen molar-refractivity contribution in [2.24, 2.45) is 0 Å². The van der Waals surface area contributed by atoms with Gasteiger partial charge in [0.2, 0.25) is 5.91 Å². The van der Waals surface area contributed by atoms with Gasteiger partial charge in [-0.2, -0.15) is 0 Å². The number of rotatable bonds is 7. The minimum Gasteiger partial charge on any atom is -0.466 e. The summed E-state index contributed by atoms with van der Waals surface area (Å²) < 4.78 is 5.69. The number of amides is 1. The number of nitrogens with zero attached hydrogens (tertiary/aromatic N) is 1. The standard InChI is InChI=1S/C13H18N2O3S2/c1-3-18-11(16)6-10-7-19-13(15-10)20-8(2)12(17)14-9-4-5-9/h7-9H,3-6H2,1-2H3,(H,14,17)/t8-/m0/s1. The first-order valence-corrected chi connectivity index (χ1v) is 8.41. The third kappa shape index (κ3) is 4.79. The van der Waals surface area contributed by atoms with E-state index >= 15 is 0 Å². The van der Waals surface area contributed by atoms with Crippen LogP contribution < -0.4 is 5.32 Å². The van der Waals surface area contributed by atoms with Gasteiger partial charge in [0.1, 0.15) is 0 Å². The first-order chi connectivity index (χ1) is 9.58. The number of thiazole rings is 1. The fraction of sp³-hybridized carbons (Fsp3) is 0.615. The van der Waals surface area contributed by atoms with E-state index in [0.717, 1.165) is 17.2 Å². The zero-order valence-corrected chi connectivity index (χ0v) is 13.2. The number of hydrogen-bond acceptors (Lipinski definition) is 6. The molecule has 1 fully saturated rings. The molecule has 1 N–H and O–H groups in total. The van der Waals surface area contributed by atoms with Gasteiger partial charge >= 0.3 is 5.97 Å². The molecule has 7 heteroatoms. The summed E-state index contributed by atoms with van der Waals surface area (Å²) in [7, 11) is 0. The van der Waals surface area contributed by atoms with Crippen LogP contribution in [0.1, 0.15) is 32.4 Å². The largest absolute Gasteiger partial charge is 0.466 e. The molecule has 1 heterocycles. The van der Waals surface area contributed by atoms with Crippen molar-refractivity contribution < 1.29 is 14.3 Å². The number of ether oxygens (including phenoxy) is 1. The first-order valence-electron chi connectivity index (χ1n) is 6.65. The first kappa shape index (κ1) is 15.3. The van der Waals surface area contributed by atoms with E-state index in [9.17, 15) is 9.59 Å². The zero-order valence-electron chi connectivity index (χ0n) is 11.5. The van der Waals surface area contributed by atoms with Crippen LogP contribution in [0.4, 0.5) is 0 Å². The average molecular weight is 314 g/mol. The van der Waals surface area contributed by atoms with E-state index < -0.39 is 0 Å². The molecule has 0 saturated heterocycles. The molecule has 0 radical (unpaired) electrons. The van der Waals surface area contributed by atoms with Gasteiger partial charge in [-0.3, -0.25) is 9.59 Å². The molecule has 0 spiro atoms. The summed E-state index contributed by atoms with van der Waals surface area (Å²) in [6.07, 6.45) is 2.36. The minimum absolute atomic E-state index is 0.0552. The third-order valence-electron chi connectivity index (χ3n) is 2.73. The van der Waals surface area contributed by atoms with Crippen LogP contribution in [-0.2, 0) is 20.7 Å². The summed E-state index contributed by atoms with van der Waals surface area (Å²) in [6.45, 7) is 4.03. The highest BCUT2D eigenvalue weighted by Crippen LogP contribution is 2.28. The lowest BCUT2D eigenvalue weighted by atomic mass is 10.3. The Hall–Kier alpha value is -1.08. The zero-order chi connectivity index (χ0) is 14.5. The van der Waals surface area contributed by atoms with Crippen molar-refractivity contribution in [1.82, 2.24) is 10.3 Å². The van der Waals surface area contributed by atoms with E-state index in [4.69, 9.17) is 4.74 Å². The van der Waals surface area contributed by atoms with Crippen LogP contribution in [0.15, 0.2) is 9.72 Å². The summed E-state index contributed by atoms with van der Waals surface area (Å²) in [5.74, 6) is -0.214. The van der Waals surface area contributed by atoms with Crippen LogP contribution in [0.25, 0.3) is 0 Å². The van der Waals surface area contributed by atoms with E-state index in [0.29, 0.717) is 18.3 Å². The molecule has 1 amide bonds. The second-order valence-corrected chi connectivity index (χ2v) is 7.08. The molecule has 1 aliphatic carbocycles. The highest BCUT2D eigenvalue weighted by atomic mass is 32.2. The molecule has 1 aromatic heterocycles. The predicted molar refractivity (Wildman–Crippen MR) is 78.9 cm³/mol. The van der Waals surface area contributed by atoms with Crippen molar-refractivity contribution in [2.45, 2.75) is 48.7 Å². The Bertz CT molecular complexity index is 486. The van der Waals surface area contributed by atoms with Gasteiger partial charge in [-0.1, -0.05) is 11.8 Å². The van der Waals surface area contributed by atoms with E-state index in [1.807, 2.05) is 12.3 Å². The smallest absolute Gasteiger partial charge is 0.311 e. The van der Waals surface area contributed by atoms with Crippen molar-refractivity contribution in [1.29, 1.82) is 0 Å². The van der Waals surface area contributed by atoms with Crippen LogP contribution in [0.3, 0.4) is 0 Å². The molecule has 110 valence electrons. The third-order valence-corrected chi connectivity index (χ3v) is 4.85. The molecular weight excluding hydrogens is 296 g/mol. The van der Waals surface area contributed by atoms with Crippen LogP contribution in [-0.4, -0.2) is 34.8 Å².